The summed E-state index contributed by atoms with van der Waals surface area (Å²) in [4.78, 5) is 12.9. The van der Waals surface area contributed by atoms with Gasteiger partial charge in [-0.05, 0) is 35.0 Å². The average molecular weight is 347 g/mol. The molecule has 0 radical (unpaired) electrons. The molecule has 1 aliphatic rings. The van der Waals surface area contributed by atoms with Crippen LogP contribution < -0.4 is 27.2 Å². The van der Waals surface area contributed by atoms with E-state index in [1.54, 1.807) is 0 Å². The molecule has 0 saturated carbocycles. The lowest BCUT2D eigenvalue weighted by Crippen LogP contribution is -2.45. The molecule has 0 spiro atoms. The van der Waals surface area contributed by atoms with Crippen molar-refractivity contribution in [2.24, 2.45) is 11.7 Å². The summed E-state index contributed by atoms with van der Waals surface area (Å²) in [5.74, 6) is -0.611. The molecule has 3 atom stereocenters. The summed E-state index contributed by atoms with van der Waals surface area (Å²) in [7, 11) is 0. The fourth-order valence-corrected chi connectivity index (χ4v) is 3.22. The Morgan fingerprint density at radius 2 is 1.58 bits per heavy atom. The second-order valence-corrected chi connectivity index (χ2v) is 6.38. The molecule has 1 heterocycles. The number of hydrogen-bond acceptors (Lipinski definition) is 5. The van der Waals surface area contributed by atoms with Gasteiger partial charge in [-0.15, -0.1) is 0 Å². The van der Waals surface area contributed by atoms with E-state index in [9.17, 15) is 4.79 Å². The average Bonchev–Trinajstić information content (AvgIpc) is 3.02. The summed E-state index contributed by atoms with van der Waals surface area (Å²) in [6.45, 7) is 0. The number of carbonyl (C=O) groups is 1. The van der Waals surface area contributed by atoms with Gasteiger partial charge >= 0.3 is 0 Å². The van der Waals surface area contributed by atoms with Crippen molar-refractivity contribution in [3.05, 3.63) is 72.8 Å². The molecular weight excluding hydrogens is 326 g/mol. The number of hydrazine groups is 1. The molecule has 1 amide bonds. The fraction of sp³-hybridized carbons (Fsp3) is 0.150. The van der Waals surface area contributed by atoms with E-state index in [-0.39, 0.29) is 12.1 Å². The Bertz CT molecular complexity index is 914. The molecule has 3 unspecified atom stereocenters. The lowest BCUT2D eigenvalue weighted by molar-refractivity contribution is -0.120. The van der Waals surface area contributed by atoms with Gasteiger partial charge in [0.1, 0.15) is 12.1 Å². The zero-order valence-corrected chi connectivity index (χ0v) is 14.1. The molecule has 4 rings (SSSR count). The number of anilines is 2. The van der Waals surface area contributed by atoms with Crippen molar-refractivity contribution in [3.8, 4) is 0 Å². The summed E-state index contributed by atoms with van der Waals surface area (Å²) in [5, 5.41) is 8.50. The Kier molecular flexibility index (Phi) is 4.53. The summed E-state index contributed by atoms with van der Waals surface area (Å²) < 4.78 is 0. The minimum Gasteiger partial charge on any atom is -0.368 e. The van der Waals surface area contributed by atoms with E-state index in [2.05, 4.69) is 21.5 Å². The second-order valence-electron chi connectivity index (χ2n) is 6.38. The molecule has 26 heavy (non-hydrogen) atoms. The molecule has 6 heteroatoms. The van der Waals surface area contributed by atoms with Gasteiger partial charge in [-0.3, -0.25) is 4.79 Å². The van der Waals surface area contributed by atoms with Gasteiger partial charge < -0.3 is 16.4 Å². The van der Waals surface area contributed by atoms with Crippen molar-refractivity contribution in [1.29, 1.82) is 0 Å². The Balaban J connectivity index is 1.51. The SMILES string of the molecule is NC1NNC(Nc2ccccc2)C1C(=O)Nc1ccc2ccccc2c1. The first kappa shape index (κ1) is 16.5. The molecular formula is C20H21N5O. The number of amides is 1. The molecule has 6 N–H and O–H groups in total. The van der Waals surface area contributed by atoms with Crippen LogP contribution in [-0.4, -0.2) is 18.2 Å². The molecule has 1 saturated heterocycles. The number of fused-ring (bicyclic) bond motifs is 1. The smallest absolute Gasteiger partial charge is 0.233 e. The number of nitrogens with two attached hydrogens (primary N) is 1. The van der Waals surface area contributed by atoms with Gasteiger partial charge in [0.2, 0.25) is 5.91 Å². The van der Waals surface area contributed by atoms with Crippen LogP contribution in [0.3, 0.4) is 0 Å². The minimum absolute atomic E-state index is 0.140. The van der Waals surface area contributed by atoms with Crippen molar-refractivity contribution in [1.82, 2.24) is 10.9 Å². The van der Waals surface area contributed by atoms with Crippen LogP contribution in [0.5, 0.6) is 0 Å². The third kappa shape index (κ3) is 3.39. The predicted molar refractivity (Wildman–Crippen MR) is 104 cm³/mol. The second kappa shape index (κ2) is 7.13. The van der Waals surface area contributed by atoms with Crippen molar-refractivity contribution in [3.63, 3.8) is 0 Å². The molecule has 0 bridgehead atoms. The summed E-state index contributed by atoms with van der Waals surface area (Å²) in [6.07, 6.45) is -0.801. The van der Waals surface area contributed by atoms with Crippen molar-refractivity contribution >= 4 is 28.1 Å². The van der Waals surface area contributed by atoms with Crippen LogP contribution in [0.2, 0.25) is 0 Å². The molecule has 3 aromatic carbocycles. The van der Waals surface area contributed by atoms with Gasteiger partial charge in [0.15, 0.2) is 0 Å². The molecule has 0 aromatic heterocycles. The van der Waals surface area contributed by atoms with E-state index >= 15 is 0 Å². The molecule has 3 aromatic rings. The van der Waals surface area contributed by atoms with E-state index in [0.717, 1.165) is 22.1 Å². The van der Waals surface area contributed by atoms with Crippen LogP contribution in [0, 0.1) is 5.92 Å². The highest BCUT2D eigenvalue weighted by atomic mass is 16.2. The van der Waals surface area contributed by atoms with Gasteiger partial charge in [-0.2, -0.15) is 0 Å². The number of hydrogen-bond donors (Lipinski definition) is 5. The van der Waals surface area contributed by atoms with Gasteiger partial charge in [-0.1, -0.05) is 48.5 Å². The highest BCUT2D eigenvalue weighted by Gasteiger charge is 2.39. The maximum absolute atomic E-state index is 12.9. The topological polar surface area (TPSA) is 91.2 Å². The molecule has 0 aliphatic carbocycles. The van der Waals surface area contributed by atoms with Crippen LogP contribution in [0.1, 0.15) is 0 Å². The summed E-state index contributed by atoms with van der Waals surface area (Å²) in [5.41, 5.74) is 13.8. The number of rotatable bonds is 4. The van der Waals surface area contributed by atoms with Crippen LogP contribution in [0.4, 0.5) is 11.4 Å². The third-order valence-electron chi connectivity index (χ3n) is 4.57. The number of carbonyl (C=O) groups excluding carboxylic acids is 1. The molecule has 132 valence electrons. The Morgan fingerprint density at radius 3 is 2.38 bits per heavy atom. The molecule has 1 aliphatic heterocycles. The first-order chi connectivity index (χ1) is 12.7. The fourth-order valence-electron chi connectivity index (χ4n) is 3.22. The quantitative estimate of drug-likeness (QED) is 0.499. The monoisotopic (exact) mass is 347 g/mol. The van der Waals surface area contributed by atoms with Crippen LogP contribution in [0.15, 0.2) is 72.8 Å². The number of para-hydroxylation sites is 1. The third-order valence-corrected chi connectivity index (χ3v) is 4.57. The van der Waals surface area contributed by atoms with Gasteiger partial charge in [-0.25, -0.2) is 10.9 Å². The van der Waals surface area contributed by atoms with E-state index in [1.165, 1.54) is 0 Å². The molecule has 1 fully saturated rings. The Hall–Kier alpha value is -2.93. The van der Waals surface area contributed by atoms with Gasteiger partial charge in [0, 0.05) is 11.4 Å². The highest BCUT2D eigenvalue weighted by molar-refractivity contribution is 5.96. The maximum atomic E-state index is 12.9. The van der Waals surface area contributed by atoms with Crippen LogP contribution in [0.25, 0.3) is 10.8 Å². The van der Waals surface area contributed by atoms with E-state index in [1.807, 2.05) is 72.8 Å². The minimum atomic E-state index is -0.489. The van der Waals surface area contributed by atoms with Crippen LogP contribution in [-0.2, 0) is 4.79 Å². The first-order valence-corrected chi connectivity index (χ1v) is 8.58. The predicted octanol–water partition coefficient (Wildman–Crippen LogP) is 2.23. The van der Waals surface area contributed by atoms with Crippen molar-refractivity contribution in [2.75, 3.05) is 10.6 Å². The zero-order chi connectivity index (χ0) is 17.9. The number of nitrogens with one attached hydrogen (secondary N) is 4. The van der Waals surface area contributed by atoms with Gasteiger partial charge in [0.25, 0.3) is 0 Å². The lowest BCUT2D eigenvalue weighted by Gasteiger charge is -2.22. The van der Waals surface area contributed by atoms with E-state index in [4.69, 9.17) is 5.73 Å². The molecule has 6 nitrogen and oxygen atoms in total. The number of benzene rings is 3. The Morgan fingerprint density at radius 1 is 0.846 bits per heavy atom. The normalized spacial score (nSPS) is 22.3. The largest absolute Gasteiger partial charge is 0.368 e. The Labute approximate surface area is 151 Å². The van der Waals surface area contributed by atoms with Crippen LogP contribution >= 0.6 is 0 Å². The van der Waals surface area contributed by atoms with Gasteiger partial charge in [0.05, 0.1) is 6.17 Å². The zero-order valence-electron chi connectivity index (χ0n) is 14.1. The summed E-state index contributed by atoms with van der Waals surface area (Å²) >= 11 is 0. The standard InChI is InChI=1S/C20H21N5O/c21-18-17(19(25-24-18)22-15-8-2-1-3-9-15)20(26)23-16-11-10-13-6-4-5-7-14(13)12-16/h1-12,17-19,22,24-25H,21H2,(H,23,26). The van der Waals surface area contributed by atoms with E-state index < -0.39 is 12.1 Å². The van der Waals surface area contributed by atoms with Crippen molar-refractivity contribution in [2.45, 2.75) is 12.3 Å². The highest BCUT2D eigenvalue weighted by Crippen LogP contribution is 2.21. The summed E-state index contributed by atoms with van der Waals surface area (Å²) in [6, 6.07) is 23.6. The maximum Gasteiger partial charge on any atom is 0.233 e. The lowest BCUT2D eigenvalue weighted by atomic mass is 10.0. The first-order valence-electron chi connectivity index (χ1n) is 8.58. The van der Waals surface area contributed by atoms with E-state index in [0.29, 0.717) is 0 Å². The van der Waals surface area contributed by atoms with Crippen molar-refractivity contribution < 1.29 is 4.79 Å².